The third kappa shape index (κ3) is 2.76. The van der Waals surface area contributed by atoms with E-state index >= 15 is 0 Å². The van der Waals surface area contributed by atoms with E-state index in [-0.39, 0.29) is 5.82 Å². The van der Waals surface area contributed by atoms with E-state index in [1.165, 1.54) is 28.9 Å². The summed E-state index contributed by atoms with van der Waals surface area (Å²) in [4.78, 5) is 4.38. The molecule has 3 aromatic rings. The monoisotopic (exact) mass is 281 g/mol. The first-order valence-electron chi connectivity index (χ1n) is 6.36. The first-order valence-corrected chi connectivity index (χ1v) is 7.70. The van der Waals surface area contributed by atoms with Gasteiger partial charge in [0.1, 0.15) is 5.82 Å². The van der Waals surface area contributed by atoms with Crippen LogP contribution in [-0.4, -0.2) is 4.98 Å². The van der Waals surface area contributed by atoms with Crippen molar-refractivity contribution in [3.8, 4) is 0 Å². The van der Waals surface area contributed by atoms with Gasteiger partial charge in [-0.3, -0.25) is 4.98 Å². The van der Waals surface area contributed by atoms with Gasteiger partial charge >= 0.3 is 0 Å². The Morgan fingerprint density at radius 1 is 0.750 bits per heavy atom. The Labute approximate surface area is 118 Å². The number of hydrogen-bond acceptors (Lipinski definition) is 1. The largest absolute Gasteiger partial charge is 0.256 e. The minimum Gasteiger partial charge on any atom is -0.256 e. The predicted molar refractivity (Wildman–Crippen MR) is 82.9 cm³/mol. The van der Waals surface area contributed by atoms with Crippen LogP contribution in [0.25, 0.3) is 0 Å². The summed E-state index contributed by atoms with van der Waals surface area (Å²) in [6.07, 6.45) is 1.53. The maximum atomic E-state index is 13.5. The van der Waals surface area contributed by atoms with E-state index in [2.05, 4.69) is 29.2 Å². The molecule has 3 heteroatoms. The fraction of sp³-hybridized carbons (Fsp3) is 0. The molecule has 0 spiro atoms. The molecule has 0 aliphatic carbocycles. The van der Waals surface area contributed by atoms with Gasteiger partial charge in [-0.1, -0.05) is 60.7 Å². The summed E-state index contributed by atoms with van der Waals surface area (Å²) in [7, 11) is -0.813. The molecule has 2 aromatic carbocycles. The normalized spacial score (nSPS) is 10.7. The first-order chi connectivity index (χ1) is 9.84. The zero-order chi connectivity index (χ0) is 13.8. The molecule has 0 aliphatic rings. The van der Waals surface area contributed by atoms with Crippen molar-refractivity contribution in [3.63, 3.8) is 0 Å². The molecule has 0 N–H and O–H groups in total. The Bertz CT molecular complexity index is 646. The molecule has 0 amide bonds. The number of benzene rings is 2. The lowest BCUT2D eigenvalue weighted by molar-refractivity contribution is 0.627. The number of nitrogens with zero attached hydrogens (tertiary/aromatic N) is 1. The molecule has 0 aliphatic heterocycles. The van der Waals surface area contributed by atoms with Crippen LogP contribution >= 0.6 is 7.92 Å². The van der Waals surface area contributed by atoms with Crippen molar-refractivity contribution >= 4 is 24.0 Å². The lowest BCUT2D eigenvalue weighted by atomic mass is 10.4. The summed E-state index contributed by atoms with van der Waals surface area (Å²) in [6.45, 7) is 0. The van der Waals surface area contributed by atoms with Crippen molar-refractivity contribution in [1.29, 1.82) is 0 Å². The molecule has 0 saturated carbocycles. The van der Waals surface area contributed by atoms with Crippen LogP contribution in [0.2, 0.25) is 0 Å². The molecule has 0 unspecified atom stereocenters. The average Bonchev–Trinajstić information content (AvgIpc) is 2.50. The van der Waals surface area contributed by atoms with Gasteiger partial charge in [0, 0.05) is 20.2 Å². The van der Waals surface area contributed by atoms with Crippen LogP contribution in [-0.2, 0) is 0 Å². The molecule has 1 nitrogen and oxygen atoms in total. The van der Waals surface area contributed by atoms with E-state index in [9.17, 15) is 4.39 Å². The molecule has 0 atom stereocenters. The fourth-order valence-electron chi connectivity index (χ4n) is 2.08. The highest BCUT2D eigenvalue weighted by atomic mass is 31.1. The molecular formula is C17H13FNP. The molecule has 0 bridgehead atoms. The lowest BCUT2D eigenvalue weighted by Crippen LogP contribution is -2.22. The fourth-order valence-corrected chi connectivity index (χ4v) is 4.29. The smallest absolute Gasteiger partial charge is 0.126 e. The zero-order valence-corrected chi connectivity index (χ0v) is 11.7. The van der Waals surface area contributed by atoms with Gasteiger partial charge in [0.25, 0.3) is 0 Å². The first kappa shape index (κ1) is 13.0. The topological polar surface area (TPSA) is 12.9 Å². The van der Waals surface area contributed by atoms with Crippen LogP contribution in [0.15, 0.2) is 79.0 Å². The zero-order valence-electron chi connectivity index (χ0n) is 10.8. The predicted octanol–water partition coefficient (Wildman–Crippen LogP) is 2.98. The highest BCUT2D eigenvalue weighted by molar-refractivity contribution is 7.79. The Kier molecular flexibility index (Phi) is 3.85. The molecule has 20 heavy (non-hydrogen) atoms. The van der Waals surface area contributed by atoms with E-state index in [1.807, 2.05) is 36.4 Å². The Morgan fingerprint density at radius 3 is 1.80 bits per heavy atom. The van der Waals surface area contributed by atoms with E-state index < -0.39 is 7.92 Å². The van der Waals surface area contributed by atoms with Gasteiger partial charge in [-0.25, -0.2) is 4.39 Å². The lowest BCUT2D eigenvalue weighted by Gasteiger charge is -2.17. The maximum absolute atomic E-state index is 13.5. The van der Waals surface area contributed by atoms with Crippen molar-refractivity contribution in [1.82, 2.24) is 4.98 Å². The number of rotatable bonds is 3. The van der Waals surface area contributed by atoms with Gasteiger partial charge in [0.15, 0.2) is 0 Å². The van der Waals surface area contributed by atoms with Crippen LogP contribution < -0.4 is 16.0 Å². The highest BCUT2D eigenvalue weighted by Gasteiger charge is 2.17. The molecular weight excluding hydrogens is 268 g/mol. The molecule has 0 saturated heterocycles. The average molecular weight is 281 g/mol. The summed E-state index contributed by atoms with van der Waals surface area (Å²) >= 11 is 0. The second-order valence-electron chi connectivity index (χ2n) is 4.34. The van der Waals surface area contributed by atoms with E-state index in [0.29, 0.717) is 0 Å². The van der Waals surface area contributed by atoms with Crippen LogP contribution in [0.5, 0.6) is 0 Å². The van der Waals surface area contributed by atoms with Crippen LogP contribution in [0.3, 0.4) is 0 Å². The van der Waals surface area contributed by atoms with Crippen molar-refractivity contribution in [3.05, 3.63) is 84.8 Å². The summed E-state index contributed by atoms with van der Waals surface area (Å²) in [5, 5.41) is 2.35. The molecule has 1 heterocycles. The van der Waals surface area contributed by atoms with Crippen molar-refractivity contribution in [2.45, 2.75) is 0 Å². The third-order valence-corrected chi connectivity index (χ3v) is 5.30. The van der Waals surface area contributed by atoms with Gasteiger partial charge in [-0.15, -0.1) is 0 Å². The van der Waals surface area contributed by atoms with Crippen molar-refractivity contribution in [2.75, 3.05) is 0 Å². The summed E-state index contributed by atoms with van der Waals surface area (Å²) in [5.74, 6) is -0.241. The molecule has 0 fully saturated rings. The van der Waals surface area contributed by atoms with Crippen LogP contribution in [0.4, 0.5) is 4.39 Å². The quantitative estimate of drug-likeness (QED) is 0.673. The number of halogens is 1. The van der Waals surface area contributed by atoms with Crippen LogP contribution in [0, 0.1) is 5.82 Å². The summed E-state index contributed by atoms with van der Waals surface area (Å²) in [6, 6.07) is 23.2. The second-order valence-corrected chi connectivity index (χ2v) is 6.50. The third-order valence-electron chi connectivity index (χ3n) is 2.97. The van der Waals surface area contributed by atoms with Gasteiger partial charge in [-0.05, 0) is 16.7 Å². The van der Waals surface area contributed by atoms with Gasteiger partial charge in [0.05, 0.1) is 5.44 Å². The van der Waals surface area contributed by atoms with Crippen molar-refractivity contribution in [2.24, 2.45) is 0 Å². The van der Waals surface area contributed by atoms with Crippen LogP contribution in [0.1, 0.15) is 0 Å². The van der Waals surface area contributed by atoms with E-state index in [1.54, 1.807) is 0 Å². The Hall–Kier alpha value is -2.05. The molecule has 3 rings (SSSR count). The number of hydrogen-bond donors (Lipinski definition) is 0. The molecule has 0 radical (unpaired) electrons. The minimum atomic E-state index is -0.813. The van der Waals surface area contributed by atoms with E-state index in [4.69, 9.17) is 0 Å². The highest BCUT2D eigenvalue weighted by Crippen LogP contribution is 2.31. The number of pyridine rings is 1. The molecule has 1 aromatic heterocycles. The standard InChI is InChI=1S/C17H13FNP/c18-14-11-12-19-17(13-14)20(15-7-3-1-4-8-15)16-9-5-2-6-10-16/h1-13H. The van der Waals surface area contributed by atoms with Gasteiger partial charge in [0.2, 0.25) is 0 Å². The minimum absolute atomic E-state index is 0.241. The maximum Gasteiger partial charge on any atom is 0.126 e. The summed E-state index contributed by atoms with van der Waals surface area (Å²) < 4.78 is 13.5. The van der Waals surface area contributed by atoms with Crippen molar-refractivity contribution < 1.29 is 4.39 Å². The Morgan fingerprint density at radius 2 is 1.30 bits per heavy atom. The van der Waals surface area contributed by atoms with Gasteiger partial charge in [-0.2, -0.15) is 0 Å². The molecule has 98 valence electrons. The van der Waals surface area contributed by atoms with Gasteiger partial charge < -0.3 is 0 Å². The van der Waals surface area contributed by atoms with E-state index in [0.717, 1.165) is 5.44 Å². The Balaban J connectivity index is 2.14. The SMILES string of the molecule is Fc1ccnc(P(c2ccccc2)c2ccccc2)c1. The second kappa shape index (κ2) is 5.94. The summed E-state index contributed by atoms with van der Waals surface area (Å²) in [5.41, 5.74) is 0.789. The number of aromatic nitrogens is 1.